The number of benzene rings is 2. The highest BCUT2D eigenvalue weighted by Gasteiger charge is 2.42. The molecule has 35 heavy (non-hydrogen) atoms. The normalized spacial score (nSPS) is 18.1. The van der Waals surface area contributed by atoms with Gasteiger partial charge in [-0.25, -0.2) is 0 Å². The summed E-state index contributed by atoms with van der Waals surface area (Å²) >= 11 is 5.77. The van der Waals surface area contributed by atoms with Gasteiger partial charge in [0.2, 0.25) is 0 Å². The summed E-state index contributed by atoms with van der Waals surface area (Å²) in [6, 6.07) is 22.5. The molecule has 0 radical (unpaired) electrons. The van der Waals surface area contributed by atoms with Gasteiger partial charge in [0.05, 0.1) is 23.3 Å². The van der Waals surface area contributed by atoms with Crippen LogP contribution in [0.15, 0.2) is 85.1 Å². The number of nitrogens with one attached hydrogen (secondary N) is 1. The van der Waals surface area contributed by atoms with Gasteiger partial charge in [0.25, 0.3) is 0 Å². The number of alkyl halides is 3. The molecular formula is C27H23F3N4S. The van der Waals surface area contributed by atoms with Gasteiger partial charge in [-0.1, -0.05) is 30.3 Å². The van der Waals surface area contributed by atoms with E-state index in [9.17, 15) is 13.2 Å². The van der Waals surface area contributed by atoms with Crippen molar-refractivity contribution < 1.29 is 13.2 Å². The number of anilines is 1. The number of hydrogen-bond acceptors (Lipinski definition) is 2. The van der Waals surface area contributed by atoms with Crippen molar-refractivity contribution in [2.24, 2.45) is 0 Å². The van der Waals surface area contributed by atoms with Gasteiger partial charge in [-0.2, -0.15) is 13.2 Å². The lowest BCUT2D eigenvalue weighted by Crippen LogP contribution is -2.29. The van der Waals surface area contributed by atoms with E-state index >= 15 is 0 Å². The second kappa shape index (κ2) is 8.85. The average Bonchev–Trinajstić information content (AvgIpc) is 3.34. The van der Waals surface area contributed by atoms with Gasteiger partial charge < -0.3 is 14.8 Å². The van der Waals surface area contributed by atoms with E-state index in [1.807, 2.05) is 73.0 Å². The highest BCUT2D eigenvalue weighted by atomic mass is 32.1. The number of aromatic nitrogens is 2. The lowest BCUT2D eigenvalue weighted by atomic mass is 9.96. The molecule has 2 atom stereocenters. The van der Waals surface area contributed by atoms with Gasteiger partial charge in [0, 0.05) is 29.0 Å². The lowest BCUT2D eigenvalue weighted by molar-refractivity contribution is -0.137. The van der Waals surface area contributed by atoms with Crippen molar-refractivity contribution in [3.05, 3.63) is 113 Å². The number of nitrogens with zero attached hydrogens (tertiary/aromatic N) is 3. The topological polar surface area (TPSA) is 33.1 Å². The maximum Gasteiger partial charge on any atom is 0.416 e. The molecular weight excluding hydrogens is 469 g/mol. The third-order valence-corrected chi connectivity index (χ3v) is 6.67. The Balaban J connectivity index is 1.67. The summed E-state index contributed by atoms with van der Waals surface area (Å²) in [6.45, 7) is 3.84. The summed E-state index contributed by atoms with van der Waals surface area (Å²) < 4.78 is 42.1. The van der Waals surface area contributed by atoms with E-state index in [4.69, 9.17) is 12.2 Å². The van der Waals surface area contributed by atoms with E-state index in [1.165, 1.54) is 12.1 Å². The number of pyridine rings is 1. The molecule has 4 nitrogen and oxygen atoms in total. The molecule has 1 fully saturated rings. The molecule has 1 aliphatic heterocycles. The Kier molecular flexibility index (Phi) is 5.84. The van der Waals surface area contributed by atoms with Crippen molar-refractivity contribution in [3.8, 4) is 5.69 Å². The van der Waals surface area contributed by atoms with Crippen LogP contribution in [-0.2, 0) is 6.18 Å². The number of halogens is 3. The first-order chi connectivity index (χ1) is 16.8. The number of thiocarbonyl (C=S) groups is 1. The molecule has 2 aromatic carbocycles. The van der Waals surface area contributed by atoms with E-state index in [2.05, 4.69) is 15.2 Å². The summed E-state index contributed by atoms with van der Waals surface area (Å²) in [4.78, 5) is 6.64. The van der Waals surface area contributed by atoms with Crippen molar-refractivity contribution in [1.82, 2.24) is 14.9 Å². The molecule has 1 saturated heterocycles. The van der Waals surface area contributed by atoms with Crippen LogP contribution in [0.3, 0.4) is 0 Å². The second-order valence-electron chi connectivity index (χ2n) is 8.54. The lowest BCUT2D eigenvalue weighted by Gasteiger charge is -2.28. The van der Waals surface area contributed by atoms with Gasteiger partial charge in [-0.05, 0) is 80.2 Å². The zero-order valence-corrected chi connectivity index (χ0v) is 19.9. The Hall–Kier alpha value is -3.65. The summed E-state index contributed by atoms with van der Waals surface area (Å²) in [5.41, 5.74) is 4.20. The van der Waals surface area contributed by atoms with E-state index in [0.717, 1.165) is 34.4 Å². The van der Waals surface area contributed by atoms with Crippen molar-refractivity contribution in [2.45, 2.75) is 32.1 Å². The van der Waals surface area contributed by atoms with Crippen LogP contribution in [0.4, 0.5) is 18.9 Å². The minimum Gasteiger partial charge on any atom is -0.351 e. The highest BCUT2D eigenvalue weighted by Crippen LogP contribution is 2.43. The summed E-state index contributed by atoms with van der Waals surface area (Å²) in [5.74, 6) is 0. The van der Waals surface area contributed by atoms with Gasteiger partial charge in [-0.15, -0.1) is 0 Å². The Morgan fingerprint density at radius 2 is 1.60 bits per heavy atom. The van der Waals surface area contributed by atoms with Crippen LogP contribution in [0, 0.1) is 13.8 Å². The van der Waals surface area contributed by atoms with E-state index in [-0.39, 0.29) is 12.1 Å². The fourth-order valence-electron chi connectivity index (χ4n) is 4.84. The standard InChI is InChI=1S/C27H23F3N4S/c1-17-15-22(18(2)33(17)21-12-8-9-19(16-21)27(28,29)30)25-24(23-13-6-7-14-31-23)32-26(35)34(25)20-10-4-3-5-11-20/h3-16,24-25H,1-2H3,(H,32,35)/t24-,25-/m1/s1. The van der Waals surface area contributed by atoms with Crippen molar-refractivity contribution in [3.63, 3.8) is 0 Å². The largest absolute Gasteiger partial charge is 0.416 e. The van der Waals surface area contributed by atoms with Crippen LogP contribution in [0.5, 0.6) is 0 Å². The zero-order valence-electron chi connectivity index (χ0n) is 19.1. The molecule has 5 rings (SSSR count). The quantitative estimate of drug-likeness (QED) is 0.322. The molecule has 0 spiro atoms. The van der Waals surface area contributed by atoms with E-state index in [1.54, 1.807) is 12.3 Å². The smallest absolute Gasteiger partial charge is 0.351 e. The first kappa shape index (κ1) is 23.1. The predicted molar refractivity (Wildman–Crippen MR) is 135 cm³/mol. The van der Waals surface area contributed by atoms with Crippen LogP contribution in [0.2, 0.25) is 0 Å². The minimum atomic E-state index is -4.41. The van der Waals surface area contributed by atoms with E-state index in [0.29, 0.717) is 10.8 Å². The molecule has 0 bridgehead atoms. The number of hydrogen-bond donors (Lipinski definition) is 1. The molecule has 178 valence electrons. The maximum atomic E-state index is 13.4. The highest BCUT2D eigenvalue weighted by molar-refractivity contribution is 7.80. The van der Waals surface area contributed by atoms with Gasteiger partial charge in [-0.3, -0.25) is 4.98 Å². The summed E-state index contributed by atoms with van der Waals surface area (Å²) in [7, 11) is 0. The van der Waals surface area contributed by atoms with Crippen LogP contribution in [0.1, 0.15) is 40.3 Å². The Labute approximate surface area is 207 Å². The van der Waals surface area contributed by atoms with Crippen molar-refractivity contribution in [2.75, 3.05) is 4.90 Å². The minimum absolute atomic E-state index is 0.237. The van der Waals surface area contributed by atoms with Crippen LogP contribution < -0.4 is 10.2 Å². The maximum absolute atomic E-state index is 13.4. The number of rotatable bonds is 4. The molecule has 3 heterocycles. The monoisotopic (exact) mass is 492 g/mol. The molecule has 0 saturated carbocycles. The van der Waals surface area contributed by atoms with Crippen LogP contribution in [0.25, 0.3) is 5.69 Å². The number of para-hydroxylation sites is 1. The fraction of sp³-hybridized carbons (Fsp3) is 0.185. The molecule has 4 aromatic rings. The molecule has 1 N–H and O–H groups in total. The van der Waals surface area contributed by atoms with Gasteiger partial charge >= 0.3 is 6.18 Å². The Bertz CT molecular complexity index is 1370. The van der Waals surface area contributed by atoms with E-state index < -0.39 is 11.7 Å². The van der Waals surface area contributed by atoms with Gasteiger partial charge in [0.15, 0.2) is 5.11 Å². The number of aryl methyl sites for hydroxylation is 1. The SMILES string of the molecule is Cc1cc([C@@H]2[C@@H](c3ccccn3)NC(=S)N2c2ccccc2)c(C)n1-c1cccc(C(F)(F)F)c1. The Morgan fingerprint density at radius 3 is 2.29 bits per heavy atom. The molecule has 1 aliphatic rings. The van der Waals surface area contributed by atoms with Gasteiger partial charge in [0.1, 0.15) is 0 Å². The van der Waals surface area contributed by atoms with Crippen LogP contribution in [-0.4, -0.2) is 14.7 Å². The zero-order chi connectivity index (χ0) is 24.7. The van der Waals surface area contributed by atoms with Crippen LogP contribution >= 0.6 is 12.2 Å². The molecule has 0 aliphatic carbocycles. The molecule has 0 unspecified atom stereocenters. The third kappa shape index (κ3) is 4.18. The summed E-state index contributed by atoms with van der Waals surface area (Å²) in [6.07, 6.45) is -2.67. The molecule has 2 aromatic heterocycles. The Morgan fingerprint density at radius 1 is 0.886 bits per heavy atom. The third-order valence-electron chi connectivity index (χ3n) is 6.35. The first-order valence-corrected chi connectivity index (χ1v) is 11.6. The van der Waals surface area contributed by atoms with Crippen molar-refractivity contribution >= 4 is 23.0 Å². The fourth-order valence-corrected chi connectivity index (χ4v) is 5.19. The molecule has 8 heteroatoms. The average molecular weight is 493 g/mol. The second-order valence-corrected chi connectivity index (χ2v) is 8.93. The van der Waals surface area contributed by atoms with Crippen molar-refractivity contribution in [1.29, 1.82) is 0 Å². The summed E-state index contributed by atoms with van der Waals surface area (Å²) in [5, 5.41) is 4.00. The molecule has 0 amide bonds. The predicted octanol–water partition coefficient (Wildman–Crippen LogP) is 6.69. The first-order valence-electron chi connectivity index (χ1n) is 11.2.